The van der Waals surface area contributed by atoms with E-state index >= 15 is 0 Å². The summed E-state index contributed by atoms with van der Waals surface area (Å²) in [4.78, 5) is 12.3. The molecule has 0 bridgehead atoms. The van der Waals surface area contributed by atoms with Gasteiger partial charge < -0.3 is 14.8 Å². The van der Waals surface area contributed by atoms with Crippen LogP contribution in [0.25, 0.3) is 0 Å². The summed E-state index contributed by atoms with van der Waals surface area (Å²) in [5.74, 6) is 1.60. The van der Waals surface area contributed by atoms with Crippen molar-refractivity contribution in [1.29, 1.82) is 0 Å². The van der Waals surface area contributed by atoms with Gasteiger partial charge in [-0.3, -0.25) is 4.79 Å². The summed E-state index contributed by atoms with van der Waals surface area (Å²) in [5.41, 5.74) is 2.41. The largest absolute Gasteiger partial charge is 0.494 e. The summed E-state index contributed by atoms with van der Waals surface area (Å²) in [6.07, 6.45) is 1.01. The van der Waals surface area contributed by atoms with Crippen LogP contribution in [0.3, 0.4) is 0 Å². The fraction of sp³-hybridized carbons (Fsp3) is 0.409. The van der Waals surface area contributed by atoms with Crippen LogP contribution in [0.4, 0.5) is 0 Å². The number of carbonyl (C=O) groups excluding carboxylic acids is 1. The number of ether oxygens (including phenoxy) is 2. The molecule has 2 rings (SSSR count). The predicted molar refractivity (Wildman–Crippen MR) is 105 cm³/mol. The van der Waals surface area contributed by atoms with E-state index < -0.39 is 0 Å². The Balaban J connectivity index is 1.92. The molecule has 4 heteroatoms. The van der Waals surface area contributed by atoms with Crippen LogP contribution >= 0.6 is 0 Å². The Morgan fingerprint density at radius 3 is 2.00 bits per heavy atom. The lowest BCUT2D eigenvalue weighted by Gasteiger charge is -2.23. The normalized spacial score (nSPS) is 11.9. The van der Waals surface area contributed by atoms with E-state index in [0.717, 1.165) is 17.7 Å². The smallest absolute Gasteiger partial charge is 0.258 e. The highest BCUT2D eigenvalue weighted by molar-refractivity contribution is 5.78. The summed E-state index contributed by atoms with van der Waals surface area (Å²) < 4.78 is 11.0. The zero-order valence-corrected chi connectivity index (χ0v) is 16.1. The second kappa shape index (κ2) is 9.85. The van der Waals surface area contributed by atoms with Crippen molar-refractivity contribution in [2.75, 3.05) is 13.2 Å². The van der Waals surface area contributed by atoms with Gasteiger partial charge in [0.15, 0.2) is 6.61 Å². The van der Waals surface area contributed by atoms with Crippen molar-refractivity contribution >= 4 is 5.91 Å². The fourth-order valence-electron chi connectivity index (χ4n) is 2.76. The number of benzene rings is 2. The molecule has 0 radical (unpaired) electrons. The molecule has 140 valence electrons. The molecule has 0 fully saturated rings. The molecule has 4 nitrogen and oxygen atoms in total. The lowest BCUT2D eigenvalue weighted by Crippen LogP contribution is -2.35. The highest BCUT2D eigenvalue weighted by Crippen LogP contribution is 2.22. The van der Waals surface area contributed by atoms with Gasteiger partial charge in [-0.05, 0) is 54.7 Å². The van der Waals surface area contributed by atoms with Crippen molar-refractivity contribution < 1.29 is 14.3 Å². The maximum atomic E-state index is 12.3. The van der Waals surface area contributed by atoms with Crippen molar-refractivity contribution in [1.82, 2.24) is 5.32 Å². The van der Waals surface area contributed by atoms with Gasteiger partial charge in [-0.15, -0.1) is 0 Å². The fourth-order valence-corrected chi connectivity index (χ4v) is 2.76. The minimum absolute atomic E-state index is 0.00968. The quantitative estimate of drug-likeness (QED) is 0.718. The zero-order chi connectivity index (χ0) is 18.9. The van der Waals surface area contributed by atoms with Crippen LogP contribution in [-0.2, 0) is 11.2 Å². The molecule has 2 aromatic rings. The van der Waals surface area contributed by atoms with E-state index in [1.807, 2.05) is 31.2 Å². The third-order valence-electron chi connectivity index (χ3n) is 4.23. The van der Waals surface area contributed by atoms with Crippen LogP contribution in [0.5, 0.6) is 11.5 Å². The molecule has 0 spiro atoms. The Bertz CT molecular complexity index is 678. The highest BCUT2D eigenvalue weighted by Gasteiger charge is 2.18. The Kier molecular flexibility index (Phi) is 7.52. The van der Waals surface area contributed by atoms with Crippen LogP contribution in [0.1, 0.15) is 44.9 Å². The average Bonchev–Trinajstić information content (AvgIpc) is 2.66. The minimum atomic E-state index is -0.128. The molecule has 0 saturated carbocycles. The summed E-state index contributed by atoms with van der Waals surface area (Å²) in [7, 11) is 0. The molecule has 0 aliphatic heterocycles. The molecule has 0 aliphatic rings. The van der Waals surface area contributed by atoms with Gasteiger partial charge >= 0.3 is 0 Å². The van der Waals surface area contributed by atoms with E-state index in [1.165, 1.54) is 5.56 Å². The van der Waals surface area contributed by atoms with Crippen LogP contribution in [0.15, 0.2) is 48.5 Å². The van der Waals surface area contributed by atoms with Crippen LogP contribution < -0.4 is 14.8 Å². The van der Waals surface area contributed by atoms with E-state index in [2.05, 4.69) is 50.4 Å². The van der Waals surface area contributed by atoms with Gasteiger partial charge in [0.25, 0.3) is 5.91 Å². The Hall–Kier alpha value is -2.49. The molecule has 0 saturated heterocycles. The summed E-state index contributed by atoms with van der Waals surface area (Å²) >= 11 is 0. The predicted octanol–water partition coefficient (Wildman–Crippen LogP) is 4.54. The maximum absolute atomic E-state index is 12.3. The number of rotatable bonds is 9. The van der Waals surface area contributed by atoms with Gasteiger partial charge in [-0.1, -0.05) is 45.0 Å². The Labute approximate surface area is 156 Å². The monoisotopic (exact) mass is 355 g/mol. The van der Waals surface area contributed by atoms with E-state index in [-0.39, 0.29) is 24.5 Å². The van der Waals surface area contributed by atoms with Crippen LogP contribution in [0.2, 0.25) is 0 Å². The number of nitrogens with one attached hydrogen (secondary N) is 1. The first-order valence-corrected chi connectivity index (χ1v) is 9.27. The second-order valence-corrected chi connectivity index (χ2v) is 6.58. The van der Waals surface area contributed by atoms with Gasteiger partial charge in [-0.25, -0.2) is 0 Å². The second-order valence-electron chi connectivity index (χ2n) is 6.58. The van der Waals surface area contributed by atoms with Crippen molar-refractivity contribution in [3.8, 4) is 11.5 Å². The Morgan fingerprint density at radius 2 is 1.50 bits per heavy atom. The third kappa shape index (κ3) is 5.80. The first kappa shape index (κ1) is 19.8. The SMILES string of the molecule is CCOc1ccc(OCC(=O)NC(c2ccc(CC)cc2)C(C)C)cc1. The maximum Gasteiger partial charge on any atom is 0.258 e. The topological polar surface area (TPSA) is 47.6 Å². The number of carbonyl (C=O) groups is 1. The standard InChI is InChI=1S/C22H29NO3/c1-5-17-7-9-18(10-8-17)22(16(3)4)23-21(24)15-26-20-13-11-19(12-14-20)25-6-2/h7-14,16,22H,5-6,15H2,1-4H3,(H,23,24). The van der Waals surface area contributed by atoms with Gasteiger partial charge in [0, 0.05) is 0 Å². The lowest BCUT2D eigenvalue weighted by atomic mass is 9.95. The summed E-state index contributed by atoms with van der Waals surface area (Å²) in [5, 5.41) is 3.08. The molecule has 2 aromatic carbocycles. The molecule has 1 unspecified atom stereocenters. The average molecular weight is 355 g/mol. The minimum Gasteiger partial charge on any atom is -0.494 e. The van der Waals surface area contributed by atoms with Crippen LogP contribution in [0, 0.1) is 5.92 Å². The zero-order valence-electron chi connectivity index (χ0n) is 16.1. The molecule has 1 amide bonds. The molecule has 0 heterocycles. The number of hydrogen-bond donors (Lipinski definition) is 1. The summed E-state index contributed by atoms with van der Waals surface area (Å²) in [6, 6.07) is 15.7. The lowest BCUT2D eigenvalue weighted by molar-refractivity contribution is -0.124. The Morgan fingerprint density at radius 1 is 0.923 bits per heavy atom. The third-order valence-corrected chi connectivity index (χ3v) is 4.23. The number of amides is 1. The van der Waals surface area contributed by atoms with Crippen molar-refractivity contribution in [3.63, 3.8) is 0 Å². The molecule has 0 aromatic heterocycles. The number of hydrogen-bond acceptors (Lipinski definition) is 3. The van der Waals surface area contributed by atoms with Crippen molar-refractivity contribution in [3.05, 3.63) is 59.7 Å². The van der Waals surface area contributed by atoms with Gasteiger partial charge in [0.05, 0.1) is 12.6 Å². The van der Waals surface area contributed by atoms with E-state index in [1.54, 1.807) is 0 Å². The van der Waals surface area contributed by atoms with Gasteiger partial charge in [-0.2, -0.15) is 0 Å². The van der Waals surface area contributed by atoms with E-state index in [4.69, 9.17) is 9.47 Å². The molecule has 26 heavy (non-hydrogen) atoms. The van der Waals surface area contributed by atoms with Crippen molar-refractivity contribution in [2.24, 2.45) is 5.92 Å². The first-order chi connectivity index (χ1) is 12.5. The van der Waals surface area contributed by atoms with Crippen LogP contribution in [-0.4, -0.2) is 19.1 Å². The van der Waals surface area contributed by atoms with Crippen molar-refractivity contribution in [2.45, 2.75) is 40.2 Å². The van der Waals surface area contributed by atoms with E-state index in [0.29, 0.717) is 12.4 Å². The van der Waals surface area contributed by atoms with E-state index in [9.17, 15) is 4.79 Å². The first-order valence-electron chi connectivity index (χ1n) is 9.27. The van der Waals surface area contributed by atoms with Gasteiger partial charge in [0.1, 0.15) is 11.5 Å². The molecular formula is C22H29NO3. The summed E-state index contributed by atoms with van der Waals surface area (Å²) in [6.45, 7) is 8.89. The molecule has 1 atom stereocenters. The molecular weight excluding hydrogens is 326 g/mol. The number of aryl methyl sites for hydroxylation is 1. The highest BCUT2D eigenvalue weighted by atomic mass is 16.5. The molecule has 1 N–H and O–H groups in total. The van der Waals surface area contributed by atoms with Gasteiger partial charge in [0.2, 0.25) is 0 Å². The molecule has 0 aliphatic carbocycles.